The molecule has 0 spiro atoms. The summed E-state index contributed by atoms with van der Waals surface area (Å²) in [4.78, 5) is 27.7. The third kappa shape index (κ3) is 4.92. The van der Waals surface area contributed by atoms with Crippen LogP contribution >= 0.6 is 23.4 Å². The van der Waals surface area contributed by atoms with Crippen LogP contribution in [0.2, 0.25) is 5.02 Å². The Bertz CT molecular complexity index is 1270. The van der Waals surface area contributed by atoms with Crippen molar-refractivity contribution in [1.29, 1.82) is 5.26 Å². The van der Waals surface area contributed by atoms with Crippen molar-refractivity contribution in [3.63, 3.8) is 0 Å². The zero-order chi connectivity index (χ0) is 23.4. The van der Waals surface area contributed by atoms with Gasteiger partial charge in [0.05, 0.1) is 5.25 Å². The normalized spacial score (nSPS) is 16.9. The number of carbonyl (C=O) groups is 2. The van der Waals surface area contributed by atoms with E-state index in [4.69, 9.17) is 11.6 Å². The molecule has 0 unspecified atom stereocenters. The molecule has 3 aromatic carbocycles. The summed E-state index contributed by atoms with van der Waals surface area (Å²) in [6.45, 7) is 0. The SMILES string of the molecule is N#C/C(C(=O)Nc1ccccc1)=C1/S[C@H](Cc2ccccc2Cl)C(=O)N1c1ccc(F)cc1. The van der Waals surface area contributed by atoms with Gasteiger partial charge in [-0.05, 0) is 54.4 Å². The van der Waals surface area contributed by atoms with Gasteiger partial charge in [-0.25, -0.2) is 4.39 Å². The molecule has 1 saturated heterocycles. The number of anilines is 2. The summed E-state index contributed by atoms with van der Waals surface area (Å²) in [5.41, 5.74) is 1.46. The van der Waals surface area contributed by atoms with Gasteiger partial charge >= 0.3 is 0 Å². The number of hydrogen-bond acceptors (Lipinski definition) is 4. The second kappa shape index (κ2) is 9.90. The predicted molar refractivity (Wildman–Crippen MR) is 128 cm³/mol. The number of carbonyl (C=O) groups excluding carboxylic acids is 2. The van der Waals surface area contributed by atoms with E-state index in [0.717, 1.165) is 17.3 Å². The van der Waals surface area contributed by atoms with Gasteiger partial charge in [-0.15, -0.1) is 0 Å². The van der Waals surface area contributed by atoms with Crippen molar-refractivity contribution in [1.82, 2.24) is 0 Å². The number of para-hydroxylation sites is 1. The van der Waals surface area contributed by atoms with Gasteiger partial charge in [-0.3, -0.25) is 14.5 Å². The molecular weight excluding hydrogens is 461 g/mol. The van der Waals surface area contributed by atoms with E-state index >= 15 is 0 Å². The minimum absolute atomic E-state index is 0.194. The predicted octanol–water partition coefficient (Wildman–Crippen LogP) is 5.54. The molecule has 1 atom stereocenters. The number of thioether (sulfide) groups is 1. The molecule has 8 heteroatoms. The molecule has 0 saturated carbocycles. The molecule has 0 aliphatic carbocycles. The second-order valence-corrected chi connectivity index (χ2v) is 8.76. The van der Waals surface area contributed by atoms with Crippen molar-refractivity contribution in [3.05, 3.63) is 106 Å². The lowest BCUT2D eigenvalue weighted by molar-refractivity contribution is -0.117. The minimum atomic E-state index is -0.635. The van der Waals surface area contributed by atoms with Crippen molar-refractivity contribution < 1.29 is 14.0 Å². The molecule has 5 nitrogen and oxygen atoms in total. The zero-order valence-corrected chi connectivity index (χ0v) is 18.7. The van der Waals surface area contributed by atoms with Crippen LogP contribution in [-0.4, -0.2) is 17.1 Å². The van der Waals surface area contributed by atoms with Crippen LogP contribution in [0.5, 0.6) is 0 Å². The topological polar surface area (TPSA) is 73.2 Å². The summed E-state index contributed by atoms with van der Waals surface area (Å²) in [7, 11) is 0. The van der Waals surface area contributed by atoms with Gasteiger partial charge < -0.3 is 5.32 Å². The first-order valence-electron chi connectivity index (χ1n) is 9.98. The highest BCUT2D eigenvalue weighted by Gasteiger charge is 2.41. The van der Waals surface area contributed by atoms with E-state index < -0.39 is 17.0 Å². The Kier molecular flexibility index (Phi) is 6.78. The Morgan fingerprint density at radius 1 is 1.06 bits per heavy atom. The number of nitrogens with one attached hydrogen (secondary N) is 1. The molecule has 1 heterocycles. The molecular formula is C25H17ClFN3O2S. The van der Waals surface area contributed by atoms with Crippen molar-refractivity contribution >= 4 is 46.6 Å². The fourth-order valence-electron chi connectivity index (χ4n) is 3.39. The summed E-state index contributed by atoms with van der Waals surface area (Å²) in [5.74, 6) is -1.41. The first kappa shape index (κ1) is 22.6. The van der Waals surface area contributed by atoms with E-state index in [1.807, 2.05) is 18.2 Å². The highest BCUT2D eigenvalue weighted by atomic mass is 35.5. The molecule has 164 valence electrons. The average Bonchev–Trinajstić information content (AvgIpc) is 3.12. The van der Waals surface area contributed by atoms with Gasteiger partial charge in [-0.2, -0.15) is 5.26 Å². The molecule has 2 amide bonds. The molecule has 1 aliphatic rings. The number of amides is 2. The largest absolute Gasteiger partial charge is 0.321 e. The highest BCUT2D eigenvalue weighted by molar-refractivity contribution is 8.05. The van der Waals surface area contributed by atoms with Crippen LogP contribution in [0.25, 0.3) is 0 Å². The van der Waals surface area contributed by atoms with Gasteiger partial charge in [0.25, 0.3) is 5.91 Å². The van der Waals surface area contributed by atoms with Crippen molar-refractivity contribution in [2.24, 2.45) is 0 Å². The molecule has 1 fully saturated rings. The van der Waals surface area contributed by atoms with Crippen molar-refractivity contribution in [2.75, 3.05) is 10.2 Å². The Hall–Kier alpha value is -3.60. The van der Waals surface area contributed by atoms with Crippen LogP contribution in [0.1, 0.15) is 5.56 Å². The summed E-state index contributed by atoms with van der Waals surface area (Å²) in [6, 6.07) is 23.2. The zero-order valence-electron chi connectivity index (χ0n) is 17.2. The molecule has 3 aromatic rings. The van der Waals surface area contributed by atoms with Crippen molar-refractivity contribution in [3.8, 4) is 6.07 Å². The van der Waals surface area contributed by atoms with Gasteiger partial charge in [0, 0.05) is 16.4 Å². The van der Waals surface area contributed by atoms with Crippen LogP contribution in [0.3, 0.4) is 0 Å². The summed E-state index contributed by atoms with van der Waals surface area (Å²) in [6.07, 6.45) is 0.309. The monoisotopic (exact) mass is 477 g/mol. The quantitative estimate of drug-likeness (QED) is 0.386. The standard InChI is InChI=1S/C25H17ClFN3O2S/c26-21-9-5-4-6-16(21)14-22-24(32)30(19-12-10-17(27)11-13-19)25(33-22)20(15-28)23(31)29-18-7-2-1-3-8-18/h1-13,22H,14H2,(H,29,31)/b25-20-/t22-/m1/s1. The van der Waals surface area contributed by atoms with Gasteiger partial charge in [0.15, 0.2) is 0 Å². The van der Waals surface area contributed by atoms with Crippen LogP contribution < -0.4 is 10.2 Å². The third-order valence-corrected chi connectivity index (χ3v) is 6.62. The van der Waals surface area contributed by atoms with E-state index in [-0.39, 0.29) is 16.5 Å². The molecule has 1 N–H and O–H groups in total. The van der Waals surface area contributed by atoms with Crippen LogP contribution in [0.15, 0.2) is 89.5 Å². The molecule has 0 aromatic heterocycles. The first-order chi connectivity index (χ1) is 16.0. The number of benzene rings is 3. The number of nitriles is 1. The number of nitrogens with zero attached hydrogens (tertiary/aromatic N) is 2. The maximum absolute atomic E-state index is 13.5. The average molecular weight is 478 g/mol. The summed E-state index contributed by atoms with van der Waals surface area (Å²) >= 11 is 7.41. The van der Waals surface area contributed by atoms with E-state index in [1.165, 1.54) is 29.2 Å². The number of rotatable bonds is 5. The fourth-order valence-corrected chi connectivity index (χ4v) is 4.90. The summed E-state index contributed by atoms with van der Waals surface area (Å²) in [5, 5.41) is 12.6. The Morgan fingerprint density at radius 3 is 2.39 bits per heavy atom. The number of hydrogen-bond donors (Lipinski definition) is 1. The summed E-state index contributed by atoms with van der Waals surface area (Å²) < 4.78 is 13.5. The van der Waals surface area contributed by atoms with E-state index in [9.17, 15) is 19.2 Å². The van der Waals surface area contributed by atoms with Gasteiger partial charge in [0.1, 0.15) is 22.5 Å². The Labute approximate surface area is 199 Å². The fraction of sp³-hybridized carbons (Fsp3) is 0.0800. The van der Waals surface area contributed by atoms with E-state index in [2.05, 4.69) is 5.32 Å². The number of halogens is 2. The smallest absolute Gasteiger partial charge is 0.269 e. The van der Waals surface area contributed by atoms with Gasteiger partial charge in [-0.1, -0.05) is 59.8 Å². The molecule has 4 rings (SSSR count). The lowest BCUT2D eigenvalue weighted by Crippen LogP contribution is -2.31. The van der Waals surface area contributed by atoms with E-state index in [0.29, 0.717) is 22.8 Å². The third-order valence-electron chi connectivity index (χ3n) is 4.99. The molecule has 0 radical (unpaired) electrons. The van der Waals surface area contributed by atoms with Crippen LogP contribution in [0.4, 0.5) is 15.8 Å². The lowest BCUT2D eigenvalue weighted by atomic mass is 10.1. The lowest BCUT2D eigenvalue weighted by Gasteiger charge is -2.18. The van der Waals surface area contributed by atoms with E-state index in [1.54, 1.807) is 42.5 Å². The van der Waals surface area contributed by atoms with Crippen LogP contribution in [0, 0.1) is 17.1 Å². The van der Waals surface area contributed by atoms with Gasteiger partial charge in [0.2, 0.25) is 5.91 Å². The molecule has 1 aliphatic heterocycles. The maximum Gasteiger partial charge on any atom is 0.269 e. The second-order valence-electron chi connectivity index (χ2n) is 7.16. The highest BCUT2D eigenvalue weighted by Crippen LogP contribution is 2.42. The minimum Gasteiger partial charge on any atom is -0.321 e. The Morgan fingerprint density at radius 2 is 1.73 bits per heavy atom. The molecule has 33 heavy (non-hydrogen) atoms. The van der Waals surface area contributed by atoms with Crippen LogP contribution in [-0.2, 0) is 16.0 Å². The first-order valence-corrected chi connectivity index (χ1v) is 11.2. The molecule has 0 bridgehead atoms. The maximum atomic E-state index is 13.5. The Balaban J connectivity index is 1.74. The van der Waals surface area contributed by atoms with Crippen molar-refractivity contribution in [2.45, 2.75) is 11.7 Å².